The van der Waals surface area contributed by atoms with Gasteiger partial charge < -0.3 is 15.7 Å². The summed E-state index contributed by atoms with van der Waals surface area (Å²) < 4.78 is 0. The first-order chi connectivity index (χ1) is 8.22. The molecule has 4 heteroatoms. The van der Waals surface area contributed by atoms with Gasteiger partial charge in [-0.3, -0.25) is 4.79 Å². The average molecular weight is 234 g/mol. The fourth-order valence-electron chi connectivity index (χ4n) is 2.09. The summed E-state index contributed by atoms with van der Waals surface area (Å²) in [6.45, 7) is 3.48. The van der Waals surface area contributed by atoms with E-state index in [4.69, 9.17) is 5.11 Å². The topological polar surface area (TPSA) is 61.4 Å². The van der Waals surface area contributed by atoms with Crippen molar-refractivity contribution in [1.82, 2.24) is 10.6 Å². The van der Waals surface area contributed by atoms with Crippen molar-refractivity contribution in [2.75, 3.05) is 13.2 Å². The Morgan fingerprint density at radius 3 is 3.18 bits per heavy atom. The second kappa shape index (κ2) is 5.29. The van der Waals surface area contributed by atoms with Crippen LogP contribution in [0.2, 0.25) is 0 Å². The lowest BCUT2D eigenvalue weighted by atomic mass is 9.95. The summed E-state index contributed by atoms with van der Waals surface area (Å²) in [5, 5.41) is 15.0. The summed E-state index contributed by atoms with van der Waals surface area (Å²) in [6, 6.07) is 5.60. The minimum Gasteiger partial charge on any atom is -0.394 e. The highest BCUT2D eigenvalue weighted by Gasteiger charge is 2.17. The van der Waals surface area contributed by atoms with Gasteiger partial charge in [0, 0.05) is 18.2 Å². The monoisotopic (exact) mass is 234 g/mol. The van der Waals surface area contributed by atoms with Crippen LogP contribution in [0.15, 0.2) is 18.2 Å². The molecule has 1 atom stereocenters. The molecule has 1 aliphatic rings. The van der Waals surface area contributed by atoms with Crippen LogP contribution in [0.3, 0.4) is 0 Å². The Kier molecular flexibility index (Phi) is 3.76. The minimum absolute atomic E-state index is 0.0394. The van der Waals surface area contributed by atoms with Crippen LogP contribution in [-0.4, -0.2) is 30.2 Å². The molecule has 1 aromatic carbocycles. The van der Waals surface area contributed by atoms with Gasteiger partial charge in [0.15, 0.2) is 0 Å². The molecule has 1 amide bonds. The van der Waals surface area contributed by atoms with Crippen LogP contribution >= 0.6 is 0 Å². The highest BCUT2D eigenvalue weighted by Crippen LogP contribution is 2.18. The number of nitrogens with one attached hydrogen (secondary N) is 2. The van der Waals surface area contributed by atoms with E-state index in [1.54, 1.807) is 6.92 Å². The molecule has 0 aromatic heterocycles. The third kappa shape index (κ3) is 2.65. The quantitative estimate of drug-likeness (QED) is 0.711. The molecule has 2 rings (SSSR count). The Balaban J connectivity index is 2.23. The second-order valence-electron chi connectivity index (χ2n) is 4.43. The molecule has 0 bridgehead atoms. The van der Waals surface area contributed by atoms with Crippen LogP contribution in [0.4, 0.5) is 0 Å². The van der Waals surface area contributed by atoms with E-state index in [2.05, 4.69) is 10.6 Å². The molecule has 1 aromatic rings. The molecule has 1 aliphatic heterocycles. The molecule has 0 fully saturated rings. The molecule has 0 saturated heterocycles. The summed E-state index contributed by atoms with van der Waals surface area (Å²) in [6.07, 6.45) is 0.881. The van der Waals surface area contributed by atoms with E-state index in [1.165, 1.54) is 5.56 Å². The Bertz CT molecular complexity index is 418. The van der Waals surface area contributed by atoms with Gasteiger partial charge in [-0.15, -0.1) is 0 Å². The molecular weight excluding hydrogens is 216 g/mol. The van der Waals surface area contributed by atoms with Crippen molar-refractivity contribution >= 4 is 5.91 Å². The van der Waals surface area contributed by atoms with Gasteiger partial charge in [0.2, 0.25) is 0 Å². The number of fused-ring (bicyclic) bond motifs is 1. The van der Waals surface area contributed by atoms with Gasteiger partial charge in [-0.1, -0.05) is 12.1 Å². The van der Waals surface area contributed by atoms with Gasteiger partial charge in [0.1, 0.15) is 0 Å². The van der Waals surface area contributed by atoms with Crippen LogP contribution in [0.5, 0.6) is 0 Å². The van der Waals surface area contributed by atoms with E-state index in [-0.39, 0.29) is 18.6 Å². The van der Waals surface area contributed by atoms with Gasteiger partial charge in [-0.2, -0.15) is 0 Å². The highest BCUT2D eigenvalue weighted by atomic mass is 16.3. The number of hydrogen-bond acceptors (Lipinski definition) is 3. The maximum absolute atomic E-state index is 12.0. The molecule has 4 nitrogen and oxygen atoms in total. The molecule has 0 spiro atoms. The lowest BCUT2D eigenvalue weighted by molar-refractivity contribution is 0.0921. The molecular formula is C13H18N2O2. The summed E-state index contributed by atoms with van der Waals surface area (Å²) >= 11 is 0. The molecule has 1 heterocycles. The summed E-state index contributed by atoms with van der Waals surface area (Å²) in [5.41, 5.74) is 3.07. The van der Waals surface area contributed by atoms with E-state index in [9.17, 15) is 4.79 Å². The van der Waals surface area contributed by atoms with Crippen LogP contribution < -0.4 is 10.6 Å². The fraction of sp³-hybridized carbons (Fsp3) is 0.462. The van der Waals surface area contributed by atoms with E-state index < -0.39 is 0 Å². The SMILES string of the molecule is C[C@H](CO)NC(=O)c1cccc2c1CCNC2. The van der Waals surface area contributed by atoms with Crippen molar-refractivity contribution < 1.29 is 9.90 Å². The second-order valence-corrected chi connectivity index (χ2v) is 4.43. The van der Waals surface area contributed by atoms with Gasteiger partial charge in [0.25, 0.3) is 5.91 Å². The third-order valence-corrected chi connectivity index (χ3v) is 3.04. The average Bonchev–Trinajstić information content (AvgIpc) is 2.37. The van der Waals surface area contributed by atoms with Gasteiger partial charge >= 0.3 is 0 Å². The zero-order valence-corrected chi connectivity index (χ0v) is 9.99. The zero-order chi connectivity index (χ0) is 12.3. The first-order valence-electron chi connectivity index (χ1n) is 5.95. The third-order valence-electron chi connectivity index (χ3n) is 3.04. The standard InChI is InChI=1S/C13H18N2O2/c1-9(8-16)15-13(17)12-4-2-3-10-7-14-6-5-11(10)12/h2-4,9,14,16H,5-8H2,1H3,(H,15,17)/t9-/m1/s1. The van der Waals surface area contributed by atoms with Gasteiger partial charge in [-0.05, 0) is 37.1 Å². The maximum Gasteiger partial charge on any atom is 0.251 e. The summed E-state index contributed by atoms with van der Waals surface area (Å²) in [5.74, 6) is -0.0923. The number of aliphatic hydroxyl groups is 1. The Morgan fingerprint density at radius 2 is 2.41 bits per heavy atom. The van der Waals surface area contributed by atoms with Crippen LogP contribution in [0.25, 0.3) is 0 Å². The lowest BCUT2D eigenvalue weighted by Crippen LogP contribution is -2.36. The normalized spacial score (nSPS) is 16.1. The zero-order valence-electron chi connectivity index (χ0n) is 9.99. The predicted molar refractivity (Wildman–Crippen MR) is 65.9 cm³/mol. The van der Waals surface area contributed by atoms with Crippen LogP contribution in [0, 0.1) is 0 Å². The van der Waals surface area contributed by atoms with E-state index >= 15 is 0 Å². The fourth-order valence-corrected chi connectivity index (χ4v) is 2.09. The van der Waals surface area contributed by atoms with Gasteiger partial charge in [-0.25, -0.2) is 0 Å². The lowest BCUT2D eigenvalue weighted by Gasteiger charge is -2.20. The number of carbonyl (C=O) groups excluding carboxylic acids is 1. The Morgan fingerprint density at radius 1 is 1.59 bits per heavy atom. The minimum atomic E-state index is -0.208. The number of benzene rings is 1. The van der Waals surface area contributed by atoms with Crippen molar-refractivity contribution in [1.29, 1.82) is 0 Å². The van der Waals surface area contributed by atoms with E-state index in [0.29, 0.717) is 0 Å². The van der Waals surface area contributed by atoms with Crippen molar-refractivity contribution in [2.24, 2.45) is 0 Å². The molecule has 0 unspecified atom stereocenters. The Hall–Kier alpha value is -1.39. The Labute approximate surface area is 101 Å². The van der Waals surface area contributed by atoms with Gasteiger partial charge in [0.05, 0.1) is 6.61 Å². The number of hydrogen-bond donors (Lipinski definition) is 3. The number of carbonyl (C=O) groups is 1. The van der Waals surface area contributed by atoms with E-state index in [0.717, 1.165) is 30.6 Å². The first kappa shape index (κ1) is 12.1. The molecule has 17 heavy (non-hydrogen) atoms. The first-order valence-corrected chi connectivity index (χ1v) is 5.95. The van der Waals surface area contributed by atoms with Crippen molar-refractivity contribution in [3.8, 4) is 0 Å². The molecule has 0 aliphatic carbocycles. The number of aliphatic hydroxyl groups excluding tert-OH is 1. The smallest absolute Gasteiger partial charge is 0.251 e. The summed E-state index contributed by atoms with van der Waals surface area (Å²) in [7, 11) is 0. The van der Waals surface area contributed by atoms with Crippen LogP contribution in [-0.2, 0) is 13.0 Å². The number of amides is 1. The molecule has 92 valence electrons. The molecule has 0 saturated carbocycles. The molecule has 0 radical (unpaired) electrons. The highest BCUT2D eigenvalue weighted by molar-refractivity contribution is 5.96. The largest absolute Gasteiger partial charge is 0.394 e. The number of rotatable bonds is 3. The van der Waals surface area contributed by atoms with Crippen molar-refractivity contribution in [3.63, 3.8) is 0 Å². The van der Waals surface area contributed by atoms with Crippen molar-refractivity contribution in [3.05, 3.63) is 34.9 Å². The summed E-state index contributed by atoms with van der Waals surface area (Å²) in [4.78, 5) is 12.0. The molecule has 3 N–H and O–H groups in total. The van der Waals surface area contributed by atoms with E-state index in [1.807, 2.05) is 18.2 Å². The maximum atomic E-state index is 12.0. The van der Waals surface area contributed by atoms with Crippen LogP contribution in [0.1, 0.15) is 28.4 Å². The van der Waals surface area contributed by atoms with Crippen molar-refractivity contribution in [2.45, 2.75) is 25.9 Å². The predicted octanol–water partition coefficient (Wildman–Crippen LogP) is 0.443.